The molecule has 0 aromatic heterocycles. The Morgan fingerprint density at radius 2 is 2.24 bits per heavy atom. The lowest BCUT2D eigenvalue weighted by molar-refractivity contribution is -0.143. The van der Waals surface area contributed by atoms with Crippen LogP contribution in [0.3, 0.4) is 0 Å². The van der Waals surface area contributed by atoms with E-state index in [2.05, 4.69) is 4.85 Å². The first kappa shape index (κ1) is 13.5. The standard InChI is InChI=1S/C12H12ClNO3/c1-7-8(5-9(6-15)12(16)17)3-4-10(14-2)11(7)13/h3-4,9,15H,5-6H2,1H3,(H,16,17)/t9-/m1/s1. The minimum atomic E-state index is -1.04. The van der Waals surface area contributed by atoms with Crippen LogP contribution in [0.5, 0.6) is 0 Å². The maximum atomic E-state index is 10.8. The maximum Gasteiger partial charge on any atom is 0.309 e. The quantitative estimate of drug-likeness (QED) is 0.810. The van der Waals surface area contributed by atoms with Gasteiger partial charge in [0.05, 0.1) is 24.1 Å². The normalized spacial score (nSPS) is 11.9. The fourth-order valence-electron chi connectivity index (χ4n) is 1.51. The van der Waals surface area contributed by atoms with Crippen molar-refractivity contribution in [2.45, 2.75) is 13.3 Å². The van der Waals surface area contributed by atoms with Crippen molar-refractivity contribution in [3.8, 4) is 0 Å². The van der Waals surface area contributed by atoms with Crippen LogP contribution in [0.2, 0.25) is 5.02 Å². The molecule has 0 bridgehead atoms. The third kappa shape index (κ3) is 2.96. The van der Waals surface area contributed by atoms with Crippen LogP contribution >= 0.6 is 11.6 Å². The fraction of sp³-hybridized carbons (Fsp3) is 0.333. The number of carboxylic acids is 1. The van der Waals surface area contributed by atoms with E-state index < -0.39 is 18.5 Å². The highest BCUT2D eigenvalue weighted by atomic mass is 35.5. The van der Waals surface area contributed by atoms with E-state index in [1.54, 1.807) is 19.1 Å². The predicted octanol–water partition coefficient (Wildman–Crippen LogP) is 2.43. The molecule has 0 saturated carbocycles. The van der Waals surface area contributed by atoms with Gasteiger partial charge in [0.15, 0.2) is 0 Å². The average Bonchev–Trinajstić information content (AvgIpc) is 2.30. The molecule has 0 heterocycles. The smallest absolute Gasteiger partial charge is 0.309 e. The Bertz CT molecular complexity index is 479. The number of halogens is 1. The molecule has 0 aliphatic carbocycles. The van der Waals surface area contributed by atoms with Gasteiger partial charge >= 0.3 is 5.97 Å². The second kappa shape index (κ2) is 5.67. The van der Waals surface area contributed by atoms with Crippen LogP contribution < -0.4 is 0 Å². The molecule has 0 amide bonds. The van der Waals surface area contributed by atoms with Gasteiger partial charge in [0.25, 0.3) is 0 Å². The Hall–Kier alpha value is -1.57. The van der Waals surface area contributed by atoms with Crippen molar-refractivity contribution < 1.29 is 15.0 Å². The van der Waals surface area contributed by atoms with Crippen molar-refractivity contribution in [2.24, 2.45) is 5.92 Å². The van der Waals surface area contributed by atoms with Gasteiger partial charge in [0.2, 0.25) is 5.69 Å². The van der Waals surface area contributed by atoms with E-state index in [-0.39, 0.29) is 6.42 Å². The van der Waals surface area contributed by atoms with Gasteiger partial charge in [0, 0.05) is 0 Å². The lowest BCUT2D eigenvalue weighted by Gasteiger charge is -2.13. The molecule has 1 aromatic rings. The fourth-order valence-corrected chi connectivity index (χ4v) is 1.74. The Kier molecular flexibility index (Phi) is 4.50. The van der Waals surface area contributed by atoms with Crippen molar-refractivity contribution >= 4 is 23.3 Å². The van der Waals surface area contributed by atoms with Crippen molar-refractivity contribution in [3.63, 3.8) is 0 Å². The van der Waals surface area contributed by atoms with Crippen LogP contribution in [-0.4, -0.2) is 22.8 Å². The molecule has 4 nitrogen and oxygen atoms in total. The summed E-state index contributed by atoms with van der Waals surface area (Å²) in [7, 11) is 0. The van der Waals surface area contributed by atoms with E-state index in [0.717, 1.165) is 5.56 Å². The summed E-state index contributed by atoms with van der Waals surface area (Å²) in [6, 6.07) is 3.24. The van der Waals surface area contributed by atoms with Crippen LogP contribution in [0.15, 0.2) is 12.1 Å². The van der Waals surface area contributed by atoms with Crippen molar-refractivity contribution in [1.29, 1.82) is 0 Å². The largest absolute Gasteiger partial charge is 0.481 e. The summed E-state index contributed by atoms with van der Waals surface area (Å²) < 4.78 is 0. The number of aliphatic carboxylic acids is 1. The number of carboxylic acid groups (broad SMARTS) is 1. The summed E-state index contributed by atoms with van der Waals surface area (Å²) in [6.07, 6.45) is 0.204. The molecule has 0 fully saturated rings. The molecule has 0 aliphatic rings. The van der Waals surface area contributed by atoms with Crippen molar-refractivity contribution in [2.75, 3.05) is 6.61 Å². The monoisotopic (exact) mass is 253 g/mol. The zero-order chi connectivity index (χ0) is 13.0. The van der Waals surface area contributed by atoms with E-state index >= 15 is 0 Å². The number of carbonyl (C=O) groups is 1. The molecular formula is C12H12ClNO3. The van der Waals surface area contributed by atoms with E-state index in [0.29, 0.717) is 16.3 Å². The number of hydrogen-bond acceptors (Lipinski definition) is 2. The van der Waals surface area contributed by atoms with E-state index in [9.17, 15) is 4.79 Å². The highest BCUT2D eigenvalue weighted by Gasteiger charge is 2.19. The molecule has 0 saturated heterocycles. The molecule has 5 heteroatoms. The summed E-state index contributed by atoms with van der Waals surface area (Å²) in [5.41, 5.74) is 1.78. The SMILES string of the molecule is [C-]#[N+]c1ccc(C[C@H](CO)C(=O)O)c(C)c1Cl. The molecule has 1 atom stereocenters. The van der Waals surface area contributed by atoms with Crippen LogP contribution in [0, 0.1) is 19.4 Å². The highest BCUT2D eigenvalue weighted by molar-refractivity contribution is 6.34. The van der Waals surface area contributed by atoms with Gasteiger partial charge in [-0.1, -0.05) is 23.7 Å². The van der Waals surface area contributed by atoms with Crippen molar-refractivity contribution in [3.05, 3.63) is 39.7 Å². The summed E-state index contributed by atoms with van der Waals surface area (Å²) in [6.45, 7) is 8.22. The van der Waals surface area contributed by atoms with Crippen LogP contribution in [0.1, 0.15) is 11.1 Å². The summed E-state index contributed by atoms with van der Waals surface area (Å²) in [4.78, 5) is 14.1. The summed E-state index contributed by atoms with van der Waals surface area (Å²) >= 11 is 5.98. The van der Waals surface area contributed by atoms with Crippen LogP contribution in [0.4, 0.5) is 5.69 Å². The first-order valence-electron chi connectivity index (χ1n) is 5.00. The highest BCUT2D eigenvalue weighted by Crippen LogP contribution is 2.31. The molecule has 1 aromatic carbocycles. The number of nitrogens with zero attached hydrogens (tertiary/aromatic N) is 1. The molecule has 0 spiro atoms. The van der Waals surface area contributed by atoms with E-state index in [1.165, 1.54) is 0 Å². The third-order valence-electron chi connectivity index (χ3n) is 2.63. The molecule has 1 rings (SSSR count). The second-order valence-corrected chi connectivity index (χ2v) is 4.09. The van der Waals surface area contributed by atoms with Gasteiger partial charge in [0.1, 0.15) is 0 Å². The Balaban J connectivity index is 3.05. The van der Waals surface area contributed by atoms with Crippen LogP contribution in [-0.2, 0) is 11.2 Å². The Morgan fingerprint density at radius 3 is 2.71 bits per heavy atom. The number of rotatable bonds is 4. The molecule has 17 heavy (non-hydrogen) atoms. The molecule has 90 valence electrons. The Labute approximate surface area is 104 Å². The molecule has 2 N–H and O–H groups in total. The van der Waals surface area contributed by atoms with E-state index in [4.69, 9.17) is 28.4 Å². The van der Waals surface area contributed by atoms with Gasteiger partial charge in [-0.25, -0.2) is 4.85 Å². The number of aliphatic hydroxyl groups is 1. The van der Waals surface area contributed by atoms with Crippen LogP contribution in [0.25, 0.3) is 4.85 Å². The first-order chi connectivity index (χ1) is 8.01. The minimum absolute atomic E-state index is 0.204. The summed E-state index contributed by atoms with van der Waals surface area (Å²) in [5.74, 6) is -1.89. The topological polar surface area (TPSA) is 61.9 Å². The molecule has 0 aliphatic heterocycles. The lowest BCUT2D eigenvalue weighted by atomic mass is 9.96. The third-order valence-corrected chi connectivity index (χ3v) is 3.11. The average molecular weight is 254 g/mol. The Morgan fingerprint density at radius 1 is 1.59 bits per heavy atom. The summed E-state index contributed by atoms with van der Waals surface area (Å²) in [5, 5.41) is 18.2. The first-order valence-corrected chi connectivity index (χ1v) is 5.38. The van der Waals surface area contributed by atoms with Gasteiger partial charge < -0.3 is 10.2 Å². The molecule has 0 radical (unpaired) electrons. The van der Waals surface area contributed by atoms with Gasteiger partial charge in [-0.2, -0.15) is 0 Å². The van der Waals surface area contributed by atoms with Crippen molar-refractivity contribution in [1.82, 2.24) is 0 Å². The zero-order valence-corrected chi connectivity index (χ0v) is 10.0. The van der Waals surface area contributed by atoms with Gasteiger partial charge in [-0.15, -0.1) is 0 Å². The second-order valence-electron chi connectivity index (χ2n) is 3.72. The maximum absolute atomic E-state index is 10.8. The molecular weight excluding hydrogens is 242 g/mol. The number of hydrogen-bond donors (Lipinski definition) is 2. The zero-order valence-electron chi connectivity index (χ0n) is 9.27. The minimum Gasteiger partial charge on any atom is -0.481 e. The van der Waals surface area contributed by atoms with E-state index in [1.807, 2.05) is 0 Å². The van der Waals surface area contributed by atoms with Gasteiger partial charge in [-0.05, 0) is 24.5 Å². The number of benzene rings is 1. The number of aliphatic hydroxyl groups excluding tert-OH is 1. The molecule has 0 unspecified atom stereocenters. The lowest BCUT2D eigenvalue weighted by Crippen LogP contribution is -2.20. The van der Waals surface area contributed by atoms with Gasteiger partial charge in [-0.3, -0.25) is 4.79 Å². The predicted molar refractivity (Wildman–Crippen MR) is 64.4 cm³/mol.